The third-order valence-corrected chi connectivity index (χ3v) is 5.64. The maximum absolute atomic E-state index is 13.0. The molecule has 1 atom stereocenters. The van der Waals surface area contributed by atoms with Gasteiger partial charge in [-0.05, 0) is 74.2 Å². The fourth-order valence-corrected chi connectivity index (χ4v) is 4.12. The molecule has 2 aromatic carbocycles. The Bertz CT molecular complexity index is 985. The molecular weight excluding hydrogens is 379 g/mol. The smallest absolute Gasteiger partial charge is 0.251 e. The number of carbonyl (C=O) groups is 1. The van der Waals surface area contributed by atoms with Crippen LogP contribution in [0.5, 0.6) is 0 Å². The summed E-state index contributed by atoms with van der Waals surface area (Å²) in [6.07, 6.45) is 5.97. The molecule has 1 N–H and O–H groups in total. The summed E-state index contributed by atoms with van der Waals surface area (Å²) in [6, 6.07) is 14.1. The number of piperidine rings is 1. The molecule has 1 amide bonds. The molecule has 0 radical (unpaired) electrons. The number of hydrogen-bond donors (Lipinski definition) is 1. The highest BCUT2D eigenvalue weighted by Crippen LogP contribution is 2.22. The molecule has 3 aromatic rings. The van der Waals surface area contributed by atoms with E-state index in [1.807, 2.05) is 16.9 Å². The number of hydrogen-bond acceptors (Lipinski definition) is 3. The van der Waals surface area contributed by atoms with E-state index in [0.717, 1.165) is 38.2 Å². The van der Waals surface area contributed by atoms with Gasteiger partial charge in [-0.15, -0.1) is 0 Å². The van der Waals surface area contributed by atoms with Crippen molar-refractivity contribution >= 4 is 5.91 Å². The van der Waals surface area contributed by atoms with Crippen LogP contribution >= 0.6 is 0 Å². The lowest BCUT2D eigenvalue weighted by atomic mass is 9.97. The first kappa shape index (κ1) is 20.3. The van der Waals surface area contributed by atoms with E-state index in [-0.39, 0.29) is 11.7 Å². The zero-order valence-electron chi connectivity index (χ0n) is 17.2. The molecule has 0 spiro atoms. The van der Waals surface area contributed by atoms with Crippen molar-refractivity contribution in [3.63, 3.8) is 0 Å². The topological polar surface area (TPSA) is 50.2 Å². The van der Waals surface area contributed by atoms with Gasteiger partial charge in [0.1, 0.15) is 5.82 Å². The molecule has 5 nitrogen and oxygen atoms in total. The second-order valence-corrected chi connectivity index (χ2v) is 8.04. The normalized spacial score (nSPS) is 17.1. The first-order valence-corrected chi connectivity index (χ1v) is 10.4. The Hall–Kier alpha value is -2.99. The van der Waals surface area contributed by atoms with E-state index in [1.54, 1.807) is 6.20 Å². The molecule has 156 valence electrons. The van der Waals surface area contributed by atoms with Crippen LogP contribution in [0.2, 0.25) is 0 Å². The average molecular weight is 407 g/mol. The lowest BCUT2D eigenvalue weighted by Crippen LogP contribution is -2.40. The van der Waals surface area contributed by atoms with Crippen LogP contribution < -0.4 is 5.32 Å². The predicted molar refractivity (Wildman–Crippen MR) is 115 cm³/mol. The van der Waals surface area contributed by atoms with E-state index in [0.29, 0.717) is 18.0 Å². The molecule has 0 aliphatic carbocycles. The third kappa shape index (κ3) is 4.94. The van der Waals surface area contributed by atoms with Crippen LogP contribution in [0.15, 0.2) is 60.9 Å². The van der Waals surface area contributed by atoms with Gasteiger partial charge in [-0.1, -0.05) is 17.7 Å². The molecule has 1 aliphatic rings. The Labute approximate surface area is 176 Å². The molecule has 0 saturated carbocycles. The molecule has 1 aliphatic heterocycles. The van der Waals surface area contributed by atoms with Crippen molar-refractivity contribution in [1.29, 1.82) is 0 Å². The summed E-state index contributed by atoms with van der Waals surface area (Å²) in [5.74, 6) is -0.0759. The Morgan fingerprint density at radius 3 is 2.83 bits per heavy atom. The monoisotopic (exact) mass is 406 g/mol. The summed E-state index contributed by atoms with van der Waals surface area (Å²) >= 11 is 0. The van der Waals surface area contributed by atoms with E-state index in [1.165, 1.54) is 35.4 Å². The largest absolute Gasteiger partial charge is 0.352 e. The number of rotatable bonds is 6. The number of nitrogens with zero attached hydrogens (tertiary/aromatic N) is 3. The van der Waals surface area contributed by atoms with E-state index < -0.39 is 0 Å². The Morgan fingerprint density at radius 2 is 2.07 bits per heavy atom. The number of nitrogens with one attached hydrogen (secondary N) is 1. The van der Waals surface area contributed by atoms with Gasteiger partial charge in [0.2, 0.25) is 0 Å². The number of halogens is 1. The number of benzene rings is 2. The van der Waals surface area contributed by atoms with Crippen molar-refractivity contribution in [3.05, 3.63) is 83.4 Å². The van der Waals surface area contributed by atoms with Crippen molar-refractivity contribution in [3.8, 4) is 5.69 Å². The van der Waals surface area contributed by atoms with Crippen LogP contribution in [0.3, 0.4) is 0 Å². The molecular formula is C24H27FN4O. The van der Waals surface area contributed by atoms with Gasteiger partial charge in [-0.3, -0.25) is 9.69 Å². The summed E-state index contributed by atoms with van der Waals surface area (Å²) in [5.41, 5.74) is 4.10. The van der Waals surface area contributed by atoms with Gasteiger partial charge >= 0.3 is 0 Å². The predicted octanol–water partition coefficient (Wildman–Crippen LogP) is 3.96. The van der Waals surface area contributed by atoms with Gasteiger partial charge in [-0.2, -0.15) is 5.10 Å². The Balaban J connectivity index is 1.37. The van der Waals surface area contributed by atoms with Crippen LogP contribution in [-0.4, -0.2) is 40.2 Å². The van der Waals surface area contributed by atoms with Gasteiger partial charge in [0.05, 0.1) is 5.69 Å². The first-order chi connectivity index (χ1) is 14.6. The molecule has 1 saturated heterocycles. The van der Waals surface area contributed by atoms with Crippen molar-refractivity contribution in [2.75, 3.05) is 19.6 Å². The number of carbonyl (C=O) groups excluding carboxylic acids is 1. The maximum Gasteiger partial charge on any atom is 0.251 e. The quantitative estimate of drug-likeness (QED) is 0.674. The van der Waals surface area contributed by atoms with Gasteiger partial charge in [0.25, 0.3) is 5.91 Å². The Kier molecular flexibility index (Phi) is 6.23. The molecule has 6 heteroatoms. The minimum Gasteiger partial charge on any atom is -0.352 e. The van der Waals surface area contributed by atoms with Crippen LogP contribution in [0.25, 0.3) is 5.69 Å². The molecule has 0 unspecified atom stereocenters. The van der Waals surface area contributed by atoms with Gasteiger partial charge in [0, 0.05) is 37.6 Å². The number of likely N-dealkylation sites (tertiary alicyclic amines) is 1. The zero-order valence-corrected chi connectivity index (χ0v) is 17.2. The third-order valence-electron chi connectivity index (χ3n) is 5.64. The lowest BCUT2D eigenvalue weighted by Gasteiger charge is -2.33. The van der Waals surface area contributed by atoms with E-state index in [4.69, 9.17) is 0 Å². The minimum atomic E-state index is -0.333. The second-order valence-electron chi connectivity index (χ2n) is 8.04. The summed E-state index contributed by atoms with van der Waals surface area (Å²) in [4.78, 5) is 14.8. The fourth-order valence-electron chi connectivity index (χ4n) is 4.12. The molecule has 0 bridgehead atoms. The number of aryl methyl sites for hydroxylation is 1. The average Bonchev–Trinajstić information content (AvgIpc) is 3.27. The standard InChI is InChI=1S/C24H27FN4O/c1-18-5-10-23(29-13-3-11-27-29)21(14-18)17-28-12-2-4-19(16-28)15-26-24(30)20-6-8-22(25)9-7-20/h3,5-11,13-14,19H,2,4,12,15-17H2,1H3,(H,26,30)/t19-/m1/s1. The second kappa shape index (κ2) is 9.22. The SMILES string of the molecule is Cc1ccc(-n2cccn2)c(CN2CCC[C@H](CNC(=O)c3ccc(F)cc3)C2)c1. The minimum absolute atomic E-state index is 0.147. The first-order valence-electron chi connectivity index (χ1n) is 10.4. The van der Waals surface area contributed by atoms with E-state index in [2.05, 4.69) is 40.4 Å². The molecule has 2 heterocycles. The molecule has 30 heavy (non-hydrogen) atoms. The van der Waals surface area contributed by atoms with Gasteiger partial charge in [0.15, 0.2) is 0 Å². The highest BCUT2D eigenvalue weighted by atomic mass is 19.1. The molecule has 4 rings (SSSR count). The highest BCUT2D eigenvalue weighted by Gasteiger charge is 2.22. The van der Waals surface area contributed by atoms with Gasteiger partial charge in [-0.25, -0.2) is 9.07 Å². The fraction of sp³-hybridized carbons (Fsp3) is 0.333. The van der Waals surface area contributed by atoms with Crippen molar-refractivity contribution in [1.82, 2.24) is 20.0 Å². The summed E-state index contributed by atoms with van der Waals surface area (Å²) in [5, 5.41) is 7.41. The highest BCUT2D eigenvalue weighted by molar-refractivity contribution is 5.94. The van der Waals surface area contributed by atoms with Gasteiger partial charge < -0.3 is 5.32 Å². The van der Waals surface area contributed by atoms with Crippen molar-refractivity contribution in [2.45, 2.75) is 26.3 Å². The Morgan fingerprint density at radius 1 is 1.23 bits per heavy atom. The van der Waals surface area contributed by atoms with Crippen LogP contribution in [0.4, 0.5) is 4.39 Å². The summed E-state index contributed by atoms with van der Waals surface area (Å²) in [7, 11) is 0. The zero-order chi connectivity index (χ0) is 20.9. The molecule has 1 fully saturated rings. The van der Waals surface area contributed by atoms with Crippen molar-refractivity contribution in [2.24, 2.45) is 5.92 Å². The maximum atomic E-state index is 13.0. The van der Waals surface area contributed by atoms with Crippen LogP contribution in [-0.2, 0) is 6.54 Å². The van der Waals surface area contributed by atoms with E-state index >= 15 is 0 Å². The molecule has 1 aromatic heterocycles. The van der Waals surface area contributed by atoms with E-state index in [9.17, 15) is 9.18 Å². The number of amides is 1. The van der Waals surface area contributed by atoms with Crippen LogP contribution in [0, 0.1) is 18.7 Å². The van der Waals surface area contributed by atoms with Crippen molar-refractivity contribution < 1.29 is 9.18 Å². The van der Waals surface area contributed by atoms with Crippen LogP contribution in [0.1, 0.15) is 34.3 Å². The summed E-state index contributed by atoms with van der Waals surface area (Å²) < 4.78 is 15.0. The number of aromatic nitrogens is 2. The summed E-state index contributed by atoms with van der Waals surface area (Å²) in [6.45, 7) is 5.59. The lowest BCUT2D eigenvalue weighted by molar-refractivity contribution is 0.0930.